The van der Waals surface area contributed by atoms with Crippen LogP contribution in [0, 0.1) is 5.82 Å². The first-order chi connectivity index (χ1) is 8.70. The lowest BCUT2D eigenvalue weighted by Gasteiger charge is -2.08. The molecular weight excluding hydrogens is 255 g/mol. The third-order valence-electron chi connectivity index (χ3n) is 2.43. The van der Waals surface area contributed by atoms with Crippen molar-refractivity contribution in [1.29, 1.82) is 0 Å². The first kappa shape index (κ1) is 12.8. The smallest absolute Gasteiger partial charge is 0.142 e. The fourth-order valence-electron chi connectivity index (χ4n) is 1.44. The molecule has 2 aromatic rings. The largest absolute Gasteiger partial charge is 0.487 e. The van der Waals surface area contributed by atoms with Crippen molar-refractivity contribution in [3.8, 4) is 5.75 Å². The number of ether oxygens (including phenoxy) is 1. The van der Waals surface area contributed by atoms with Gasteiger partial charge in [0.1, 0.15) is 18.2 Å². The molecule has 1 aromatic heterocycles. The molecule has 0 saturated heterocycles. The number of aromatic nitrogens is 1. The van der Waals surface area contributed by atoms with E-state index in [1.165, 1.54) is 6.07 Å². The molecule has 0 radical (unpaired) electrons. The van der Waals surface area contributed by atoms with Crippen LogP contribution >= 0.6 is 11.6 Å². The van der Waals surface area contributed by atoms with Gasteiger partial charge in [-0.2, -0.15) is 0 Å². The first-order valence-corrected chi connectivity index (χ1v) is 5.79. The Morgan fingerprint density at radius 2 is 2.11 bits per heavy atom. The molecule has 0 spiro atoms. The second-order valence-electron chi connectivity index (χ2n) is 3.69. The second-order valence-corrected chi connectivity index (χ2v) is 4.07. The Morgan fingerprint density at radius 1 is 1.28 bits per heavy atom. The van der Waals surface area contributed by atoms with Gasteiger partial charge in [0.2, 0.25) is 0 Å². The summed E-state index contributed by atoms with van der Waals surface area (Å²) in [7, 11) is 0. The summed E-state index contributed by atoms with van der Waals surface area (Å²) in [4.78, 5) is 4.09. The van der Waals surface area contributed by atoms with Crippen molar-refractivity contribution in [3.05, 3.63) is 58.6 Å². The van der Waals surface area contributed by atoms with Crippen molar-refractivity contribution in [2.45, 2.75) is 13.2 Å². The quantitative estimate of drug-likeness (QED) is 0.926. The number of nitrogens with zero attached hydrogens (tertiary/aromatic N) is 1. The highest BCUT2D eigenvalue weighted by Crippen LogP contribution is 2.21. The van der Waals surface area contributed by atoms with E-state index in [4.69, 9.17) is 22.1 Å². The molecule has 0 saturated carbocycles. The van der Waals surface area contributed by atoms with Gasteiger partial charge in [0.15, 0.2) is 0 Å². The van der Waals surface area contributed by atoms with Gasteiger partial charge in [0.25, 0.3) is 0 Å². The molecule has 5 heteroatoms. The molecule has 0 aliphatic heterocycles. The van der Waals surface area contributed by atoms with E-state index in [9.17, 15) is 4.39 Å². The van der Waals surface area contributed by atoms with E-state index in [2.05, 4.69) is 4.98 Å². The minimum atomic E-state index is -0.450. The highest BCUT2D eigenvalue weighted by molar-refractivity contribution is 6.31. The van der Waals surface area contributed by atoms with Gasteiger partial charge in [-0.15, -0.1) is 0 Å². The summed E-state index contributed by atoms with van der Waals surface area (Å²) in [5, 5.41) is 0.0871. The van der Waals surface area contributed by atoms with Crippen LogP contribution in [0.3, 0.4) is 0 Å². The molecule has 2 N–H and O–H groups in total. The van der Waals surface area contributed by atoms with Gasteiger partial charge >= 0.3 is 0 Å². The molecule has 1 aromatic carbocycles. The maximum Gasteiger partial charge on any atom is 0.142 e. The maximum atomic E-state index is 13.2. The molecule has 0 aliphatic rings. The molecule has 94 valence electrons. The molecule has 0 unspecified atom stereocenters. The average molecular weight is 267 g/mol. The van der Waals surface area contributed by atoms with E-state index in [0.29, 0.717) is 17.9 Å². The third kappa shape index (κ3) is 2.97. The third-order valence-corrected chi connectivity index (χ3v) is 2.86. The topological polar surface area (TPSA) is 48.1 Å². The molecule has 1 heterocycles. The molecular formula is C13H12ClFN2O. The zero-order chi connectivity index (χ0) is 13.0. The number of hydrogen-bond donors (Lipinski definition) is 1. The Labute approximate surface area is 109 Å². The number of hydrogen-bond acceptors (Lipinski definition) is 3. The minimum absolute atomic E-state index is 0.0871. The predicted octanol–water partition coefficient (Wildman–Crippen LogP) is 2.91. The van der Waals surface area contributed by atoms with E-state index in [0.717, 1.165) is 5.69 Å². The van der Waals surface area contributed by atoms with Crippen LogP contribution in [0.2, 0.25) is 5.02 Å². The van der Waals surface area contributed by atoms with Gasteiger partial charge < -0.3 is 10.5 Å². The van der Waals surface area contributed by atoms with Gasteiger partial charge in [-0.25, -0.2) is 4.39 Å². The summed E-state index contributed by atoms with van der Waals surface area (Å²) >= 11 is 5.82. The van der Waals surface area contributed by atoms with Crippen molar-refractivity contribution >= 4 is 11.6 Å². The molecule has 0 amide bonds. The fourth-order valence-corrected chi connectivity index (χ4v) is 1.62. The van der Waals surface area contributed by atoms with E-state index in [1.54, 1.807) is 30.5 Å². The molecule has 0 aliphatic carbocycles. The minimum Gasteiger partial charge on any atom is -0.487 e. The van der Waals surface area contributed by atoms with Crippen LogP contribution in [0.1, 0.15) is 11.3 Å². The molecule has 2 rings (SSSR count). The van der Waals surface area contributed by atoms with E-state index in [1.807, 2.05) is 0 Å². The van der Waals surface area contributed by atoms with E-state index < -0.39 is 5.82 Å². The number of rotatable bonds is 4. The Hall–Kier alpha value is -1.65. The van der Waals surface area contributed by atoms with Crippen molar-refractivity contribution in [2.24, 2.45) is 5.73 Å². The standard InChI is InChI=1S/C13H12ClFN2O/c14-13-9(2-1-3-12(13)15)8-18-11-5-4-10(6-16)17-7-11/h1-5,7H,6,8,16H2. The van der Waals surface area contributed by atoms with Crippen molar-refractivity contribution in [3.63, 3.8) is 0 Å². The first-order valence-electron chi connectivity index (χ1n) is 5.41. The summed E-state index contributed by atoms with van der Waals surface area (Å²) in [5.41, 5.74) is 6.82. The SMILES string of the molecule is NCc1ccc(OCc2cccc(F)c2Cl)cn1. The Kier molecular flexibility index (Phi) is 4.12. The summed E-state index contributed by atoms with van der Waals surface area (Å²) in [6, 6.07) is 8.16. The van der Waals surface area contributed by atoms with Crippen LogP contribution in [0.5, 0.6) is 5.75 Å². The van der Waals surface area contributed by atoms with Gasteiger partial charge in [0, 0.05) is 12.1 Å². The molecule has 3 nitrogen and oxygen atoms in total. The predicted molar refractivity (Wildman–Crippen MR) is 67.9 cm³/mol. The average Bonchev–Trinajstić information content (AvgIpc) is 2.41. The van der Waals surface area contributed by atoms with Gasteiger partial charge in [-0.05, 0) is 18.2 Å². The molecule has 0 atom stereocenters. The maximum absolute atomic E-state index is 13.2. The highest BCUT2D eigenvalue weighted by Gasteiger charge is 2.06. The van der Waals surface area contributed by atoms with Crippen molar-refractivity contribution in [1.82, 2.24) is 4.98 Å². The van der Waals surface area contributed by atoms with Crippen LogP contribution < -0.4 is 10.5 Å². The summed E-state index contributed by atoms with van der Waals surface area (Å²) in [6.45, 7) is 0.580. The van der Waals surface area contributed by atoms with Crippen LogP contribution in [0.15, 0.2) is 36.5 Å². The van der Waals surface area contributed by atoms with Crippen LogP contribution in [0.4, 0.5) is 4.39 Å². The van der Waals surface area contributed by atoms with Crippen LogP contribution in [0.25, 0.3) is 0 Å². The number of nitrogens with two attached hydrogens (primary N) is 1. The lowest BCUT2D eigenvalue weighted by molar-refractivity contribution is 0.304. The summed E-state index contributed by atoms with van der Waals surface area (Å²) in [6.07, 6.45) is 1.58. The Morgan fingerprint density at radius 3 is 2.78 bits per heavy atom. The highest BCUT2D eigenvalue weighted by atomic mass is 35.5. The van der Waals surface area contributed by atoms with Crippen LogP contribution in [-0.4, -0.2) is 4.98 Å². The lowest BCUT2D eigenvalue weighted by atomic mass is 10.2. The zero-order valence-electron chi connectivity index (χ0n) is 9.57. The Bertz CT molecular complexity index is 531. The molecule has 0 fully saturated rings. The van der Waals surface area contributed by atoms with E-state index >= 15 is 0 Å². The summed E-state index contributed by atoms with van der Waals surface area (Å²) in [5.74, 6) is 0.141. The van der Waals surface area contributed by atoms with E-state index in [-0.39, 0.29) is 11.6 Å². The normalized spacial score (nSPS) is 10.4. The molecule has 0 bridgehead atoms. The van der Waals surface area contributed by atoms with Gasteiger partial charge in [-0.1, -0.05) is 23.7 Å². The fraction of sp³-hybridized carbons (Fsp3) is 0.154. The number of pyridine rings is 1. The second kappa shape index (κ2) is 5.80. The number of benzene rings is 1. The van der Waals surface area contributed by atoms with Crippen molar-refractivity contribution < 1.29 is 9.13 Å². The Balaban J connectivity index is 2.04. The monoisotopic (exact) mass is 266 g/mol. The lowest BCUT2D eigenvalue weighted by Crippen LogP contribution is -2.01. The van der Waals surface area contributed by atoms with Gasteiger partial charge in [0.05, 0.1) is 16.9 Å². The zero-order valence-corrected chi connectivity index (χ0v) is 10.3. The van der Waals surface area contributed by atoms with Crippen molar-refractivity contribution in [2.75, 3.05) is 0 Å². The van der Waals surface area contributed by atoms with Gasteiger partial charge in [-0.3, -0.25) is 4.98 Å². The summed E-state index contributed by atoms with van der Waals surface area (Å²) < 4.78 is 18.7. The molecule has 18 heavy (non-hydrogen) atoms. The van der Waals surface area contributed by atoms with Crippen LogP contribution in [-0.2, 0) is 13.2 Å². The number of halogens is 2.